The zero-order chi connectivity index (χ0) is 34.7. The van der Waals surface area contributed by atoms with Crippen LogP contribution in [-0.4, -0.2) is 132 Å². The zero-order valence-corrected chi connectivity index (χ0v) is 31.0. The summed E-state index contributed by atoms with van der Waals surface area (Å²) in [6, 6.07) is 0. The molecule has 0 spiro atoms. The number of carbonyl (C=O) groups is 1. The molecule has 0 aromatic carbocycles. The summed E-state index contributed by atoms with van der Waals surface area (Å²) in [5, 5.41) is 0. The highest BCUT2D eigenvalue weighted by Crippen LogP contribution is 2.13. The quantitative estimate of drug-likeness (QED) is 0.0511. The third-order valence-electron chi connectivity index (χ3n) is 7.57. The van der Waals surface area contributed by atoms with Gasteiger partial charge in [0, 0.05) is 6.61 Å². The molecule has 0 aliphatic rings. The molecule has 11 nitrogen and oxygen atoms in total. The topological polar surface area (TPSA) is 109 Å². The molecule has 0 aromatic rings. The Morgan fingerprint density at radius 1 is 0.312 bits per heavy atom. The Hall–Kier alpha value is -0.890. The number of unbranched alkanes of at least 4 members (excludes halogenated alkanes) is 15. The highest BCUT2D eigenvalue weighted by Gasteiger charge is 2.00. The molecule has 0 aromatic heterocycles. The molecule has 0 atom stereocenters. The molecule has 0 aliphatic carbocycles. The Labute approximate surface area is 293 Å². The van der Waals surface area contributed by atoms with E-state index in [9.17, 15) is 4.79 Å². The molecule has 0 fully saturated rings. The maximum Gasteiger partial charge on any atom is 0.331 e. The van der Waals surface area contributed by atoms with Crippen LogP contribution in [0.5, 0.6) is 0 Å². The van der Waals surface area contributed by atoms with E-state index in [1.807, 2.05) is 0 Å². The van der Waals surface area contributed by atoms with Crippen LogP contribution in [0.25, 0.3) is 0 Å². The lowest BCUT2D eigenvalue weighted by Crippen LogP contribution is -2.16. The second kappa shape index (κ2) is 44.1. The van der Waals surface area contributed by atoms with Crippen molar-refractivity contribution in [3.05, 3.63) is 0 Å². The van der Waals surface area contributed by atoms with Gasteiger partial charge in [-0.05, 0) is 6.42 Å². The van der Waals surface area contributed by atoms with Crippen molar-refractivity contribution in [3.63, 3.8) is 0 Å². The fraction of sp³-hybridized carbons (Fsp3) is 0.973. The predicted octanol–water partition coefficient (Wildman–Crippen LogP) is 6.57. The van der Waals surface area contributed by atoms with E-state index in [0.29, 0.717) is 106 Å². The molecular weight excluding hydrogens is 620 g/mol. The minimum Gasteiger partial charge on any atom is -0.467 e. The molecule has 0 radical (unpaired) electrons. The van der Waals surface area contributed by atoms with E-state index in [1.165, 1.54) is 103 Å². The average molecular weight is 695 g/mol. The lowest BCUT2D eigenvalue weighted by atomic mass is 10.0. The number of hydrogen-bond acceptors (Lipinski definition) is 11. The second-order valence-corrected chi connectivity index (χ2v) is 11.8. The second-order valence-electron chi connectivity index (χ2n) is 11.8. The molecule has 0 rings (SSSR count). The maximum atomic E-state index is 10.9. The van der Waals surface area contributed by atoms with Crippen LogP contribution in [-0.2, 0) is 52.2 Å². The third kappa shape index (κ3) is 43.1. The van der Waals surface area contributed by atoms with E-state index in [2.05, 4.69) is 11.7 Å². The maximum absolute atomic E-state index is 10.9. The van der Waals surface area contributed by atoms with Gasteiger partial charge in [0.05, 0.1) is 113 Å². The van der Waals surface area contributed by atoms with Crippen molar-refractivity contribution >= 4 is 5.97 Å². The summed E-state index contributed by atoms with van der Waals surface area (Å²) < 4.78 is 53.5. The molecule has 0 bridgehead atoms. The summed E-state index contributed by atoms with van der Waals surface area (Å²) in [4.78, 5) is 10.9. The van der Waals surface area contributed by atoms with Gasteiger partial charge in [0.25, 0.3) is 0 Å². The summed E-state index contributed by atoms with van der Waals surface area (Å²) in [7, 11) is 1.32. The standard InChI is InChI=1S/C37H74O11/c1-3-4-5-6-7-8-9-10-11-12-13-14-15-16-17-18-19-40-20-21-41-22-23-42-24-25-43-26-27-44-28-29-45-30-31-46-32-33-47-34-35-48-36-37(38)39-2/h3-36H2,1-2H3. The number of hydrogen-bond donors (Lipinski definition) is 0. The number of carbonyl (C=O) groups excluding carboxylic acids is 1. The minimum atomic E-state index is -0.401. The van der Waals surface area contributed by atoms with Gasteiger partial charge < -0.3 is 47.4 Å². The van der Waals surface area contributed by atoms with Crippen molar-refractivity contribution in [2.45, 2.75) is 110 Å². The Morgan fingerprint density at radius 3 is 0.812 bits per heavy atom. The first-order valence-corrected chi connectivity index (χ1v) is 19.1. The summed E-state index contributed by atoms with van der Waals surface area (Å²) in [5.41, 5.74) is 0. The van der Waals surface area contributed by atoms with Crippen LogP contribution in [0.2, 0.25) is 0 Å². The smallest absolute Gasteiger partial charge is 0.331 e. The fourth-order valence-corrected chi connectivity index (χ4v) is 4.73. The number of esters is 1. The number of ether oxygens (including phenoxy) is 10. The first-order chi connectivity index (χ1) is 23.8. The normalized spacial score (nSPS) is 11.5. The molecule has 0 saturated heterocycles. The molecule has 0 unspecified atom stereocenters. The molecule has 0 amide bonds. The van der Waals surface area contributed by atoms with Gasteiger partial charge in [-0.3, -0.25) is 0 Å². The van der Waals surface area contributed by atoms with E-state index in [1.54, 1.807) is 0 Å². The Morgan fingerprint density at radius 2 is 0.542 bits per heavy atom. The summed E-state index contributed by atoms with van der Waals surface area (Å²) in [6.07, 6.45) is 22.2. The van der Waals surface area contributed by atoms with Crippen LogP contribution >= 0.6 is 0 Å². The lowest BCUT2D eigenvalue weighted by Gasteiger charge is -2.09. The molecule has 288 valence electrons. The van der Waals surface area contributed by atoms with Gasteiger partial charge in [0.1, 0.15) is 6.61 Å². The van der Waals surface area contributed by atoms with Gasteiger partial charge in [-0.25, -0.2) is 4.79 Å². The van der Waals surface area contributed by atoms with Gasteiger partial charge in [-0.15, -0.1) is 0 Å². The van der Waals surface area contributed by atoms with Crippen LogP contribution in [0.1, 0.15) is 110 Å². The molecule has 0 heterocycles. The van der Waals surface area contributed by atoms with E-state index in [0.717, 1.165) is 13.0 Å². The van der Waals surface area contributed by atoms with Crippen molar-refractivity contribution in [2.75, 3.05) is 126 Å². The third-order valence-corrected chi connectivity index (χ3v) is 7.57. The molecular formula is C37H74O11. The first kappa shape index (κ1) is 47.1. The van der Waals surface area contributed by atoms with Crippen molar-refractivity contribution in [3.8, 4) is 0 Å². The highest BCUT2D eigenvalue weighted by atomic mass is 16.6. The van der Waals surface area contributed by atoms with E-state index in [-0.39, 0.29) is 6.61 Å². The van der Waals surface area contributed by atoms with Crippen LogP contribution in [0, 0.1) is 0 Å². The van der Waals surface area contributed by atoms with Gasteiger partial charge in [0.15, 0.2) is 0 Å². The molecule has 11 heteroatoms. The monoisotopic (exact) mass is 695 g/mol. The minimum absolute atomic E-state index is 0.0632. The molecule has 0 N–H and O–H groups in total. The van der Waals surface area contributed by atoms with E-state index in [4.69, 9.17) is 42.6 Å². The predicted molar refractivity (Wildman–Crippen MR) is 189 cm³/mol. The van der Waals surface area contributed by atoms with Crippen molar-refractivity contribution in [2.24, 2.45) is 0 Å². The molecule has 0 aliphatic heterocycles. The van der Waals surface area contributed by atoms with Crippen molar-refractivity contribution in [1.82, 2.24) is 0 Å². The first-order valence-electron chi connectivity index (χ1n) is 19.1. The molecule has 0 saturated carbocycles. The Bertz CT molecular complexity index is 598. The molecule has 48 heavy (non-hydrogen) atoms. The summed E-state index contributed by atoms with van der Waals surface area (Å²) in [5.74, 6) is -0.401. The highest BCUT2D eigenvalue weighted by molar-refractivity contribution is 5.70. The van der Waals surface area contributed by atoms with Crippen LogP contribution < -0.4 is 0 Å². The van der Waals surface area contributed by atoms with Gasteiger partial charge in [-0.2, -0.15) is 0 Å². The van der Waals surface area contributed by atoms with Crippen LogP contribution in [0.4, 0.5) is 0 Å². The van der Waals surface area contributed by atoms with Gasteiger partial charge in [0.2, 0.25) is 0 Å². The Kier molecular flexibility index (Phi) is 43.3. The van der Waals surface area contributed by atoms with Crippen molar-refractivity contribution in [1.29, 1.82) is 0 Å². The SMILES string of the molecule is CCCCCCCCCCCCCCCCCCOCCOCCOCCOCCOCCOCCOCCOCCOCC(=O)OC. The lowest BCUT2D eigenvalue weighted by molar-refractivity contribution is -0.146. The Balaban J connectivity index is 3.05. The largest absolute Gasteiger partial charge is 0.467 e. The van der Waals surface area contributed by atoms with Crippen LogP contribution in [0.3, 0.4) is 0 Å². The fourth-order valence-electron chi connectivity index (χ4n) is 4.73. The van der Waals surface area contributed by atoms with Crippen molar-refractivity contribution < 1.29 is 52.2 Å². The van der Waals surface area contributed by atoms with Gasteiger partial charge >= 0.3 is 5.97 Å². The van der Waals surface area contributed by atoms with Crippen LogP contribution in [0.15, 0.2) is 0 Å². The van der Waals surface area contributed by atoms with E-state index >= 15 is 0 Å². The van der Waals surface area contributed by atoms with Gasteiger partial charge in [-0.1, -0.05) is 103 Å². The van der Waals surface area contributed by atoms with E-state index < -0.39 is 5.97 Å². The number of rotatable bonds is 43. The summed E-state index contributed by atoms with van der Waals surface area (Å²) >= 11 is 0. The summed E-state index contributed by atoms with van der Waals surface area (Å²) in [6.45, 7) is 11.2. The zero-order valence-electron chi connectivity index (χ0n) is 31.0. The average Bonchev–Trinajstić information content (AvgIpc) is 3.10. The number of methoxy groups -OCH3 is 1.